The van der Waals surface area contributed by atoms with E-state index in [9.17, 15) is 0 Å². The van der Waals surface area contributed by atoms with Gasteiger partial charge in [-0.15, -0.1) is 24.8 Å². The smallest absolute Gasteiger partial charge is 0.109 e. The molecule has 21 heavy (non-hydrogen) atoms. The van der Waals surface area contributed by atoms with Crippen LogP contribution in [0.1, 0.15) is 17.8 Å². The van der Waals surface area contributed by atoms with Crippen LogP contribution in [0.2, 0.25) is 0 Å². The Labute approximate surface area is 136 Å². The SMILES string of the molecule is Cc1ccc2ncc3nc(CCCN)n(C)c3c2c1.Cl.Cl. The van der Waals surface area contributed by atoms with Crippen LogP contribution in [-0.4, -0.2) is 21.1 Å². The molecule has 2 heterocycles. The molecule has 0 aliphatic heterocycles. The second-order valence-corrected chi connectivity index (χ2v) is 4.99. The van der Waals surface area contributed by atoms with Gasteiger partial charge in [0.05, 0.1) is 17.2 Å². The monoisotopic (exact) mass is 326 g/mol. The average molecular weight is 327 g/mol. The van der Waals surface area contributed by atoms with Crippen molar-refractivity contribution in [3.8, 4) is 0 Å². The zero-order valence-electron chi connectivity index (χ0n) is 12.2. The van der Waals surface area contributed by atoms with Gasteiger partial charge in [0.2, 0.25) is 0 Å². The minimum Gasteiger partial charge on any atom is -0.331 e. The highest BCUT2D eigenvalue weighted by atomic mass is 35.5. The van der Waals surface area contributed by atoms with Crippen molar-refractivity contribution in [1.82, 2.24) is 14.5 Å². The van der Waals surface area contributed by atoms with Crippen LogP contribution in [0.15, 0.2) is 24.4 Å². The van der Waals surface area contributed by atoms with Crippen molar-refractivity contribution < 1.29 is 0 Å². The third kappa shape index (κ3) is 3.12. The summed E-state index contributed by atoms with van der Waals surface area (Å²) < 4.78 is 2.18. The van der Waals surface area contributed by atoms with Gasteiger partial charge in [-0.3, -0.25) is 4.98 Å². The summed E-state index contributed by atoms with van der Waals surface area (Å²) >= 11 is 0. The van der Waals surface area contributed by atoms with Crippen LogP contribution in [0.4, 0.5) is 0 Å². The van der Waals surface area contributed by atoms with Gasteiger partial charge < -0.3 is 10.3 Å². The zero-order valence-corrected chi connectivity index (χ0v) is 13.8. The molecule has 3 aromatic rings. The first-order chi connectivity index (χ1) is 9.20. The molecule has 0 fully saturated rings. The van der Waals surface area contributed by atoms with Crippen molar-refractivity contribution >= 4 is 46.8 Å². The average Bonchev–Trinajstić information content (AvgIpc) is 2.73. The zero-order chi connectivity index (χ0) is 13.4. The highest BCUT2D eigenvalue weighted by Gasteiger charge is 2.11. The van der Waals surface area contributed by atoms with Crippen LogP contribution in [0.5, 0.6) is 0 Å². The third-order valence-corrected chi connectivity index (χ3v) is 3.55. The van der Waals surface area contributed by atoms with Crippen LogP contribution in [-0.2, 0) is 13.5 Å². The number of fused-ring (bicyclic) bond motifs is 3. The second-order valence-electron chi connectivity index (χ2n) is 4.99. The van der Waals surface area contributed by atoms with Gasteiger partial charge in [0, 0.05) is 18.9 Å². The number of benzene rings is 1. The maximum Gasteiger partial charge on any atom is 0.109 e. The Morgan fingerprint density at radius 1 is 1.19 bits per heavy atom. The number of aryl methyl sites for hydroxylation is 3. The van der Waals surface area contributed by atoms with Gasteiger partial charge in [-0.05, 0) is 32.0 Å². The molecule has 0 radical (unpaired) electrons. The molecule has 0 amide bonds. The van der Waals surface area contributed by atoms with Crippen LogP contribution in [0, 0.1) is 6.92 Å². The number of hydrogen-bond donors (Lipinski definition) is 1. The minimum atomic E-state index is 0. The first-order valence-corrected chi connectivity index (χ1v) is 6.61. The first kappa shape index (κ1) is 17.7. The van der Waals surface area contributed by atoms with E-state index in [-0.39, 0.29) is 24.8 Å². The normalized spacial score (nSPS) is 10.4. The Hall–Kier alpha value is -1.36. The fourth-order valence-electron chi connectivity index (χ4n) is 2.54. The van der Waals surface area contributed by atoms with E-state index in [0.717, 1.165) is 29.7 Å². The summed E-state index contributed by atoms with van der Waals surface area (Å²) in [6, 6.07) is 6.34. The van der Waals surface area contributed by atoms with Crippen molar-refractivity contribution in [1.29, 1.82) is 0 Å². The van der Waals surface area contributed by atoms with Crippen molar-refractivity contribution in [2.24, 2.45) is 12.8 Å². The predicted molar refractivity (Wildman–Crippen MR) is 92.6 cm³/mol. The van der Waals surface area contributed by atoms with E-state index in [2.05, 4.69) is 46.7 Å². The molecule has 2 N–H and O–H groups in total. The molecule has 6 heteroatoms. The predicted octanol–water partition coefficient (Wildman–Crippen LogP) is 3.16. The Morgan fingerprint density at radius 3 is 2.67 bits per heavy atom. The van der Waals surface area contributed by atoms with Crippen molar-refractivity contribution in [2.45, 2.75) is 19.8 Å². The molecule has 2 aromatic heterocycles. The summed E-state index contributed by atoms with van der Waals surface area (Å²) in [7, 11) is 2.07. The molecular formula is C15H20Cl2N4. The summed E-state index contributed by atoms with van der Waals surface area (Å²) in [4.78, 5) is 9.16. The van der Waals surface area contributed by atoms with Gasteiger partial charge >= 0.3 is 0 Å². The van der Waals surface area contributed by atoms with Crippen LogP contribution in [0.25, 0.3) is 21.9 Å². The van der Waals surface area contributed by atoms with Crippen molar-refractivity contribution in [3.63, 3.8) is 0 Å². The van der Waals surface area contributed by atoms with Gasteiger partial charge in [-0.2, -0.15) is 0 Å². The molecule has 114 valence electrons. The molecule has 0 atom stereocenters. The molecule has 4 nitrogen and oxygen atoms in total. The van der Waals surface area contributed by atoms with Crippen LogP contribution in [0.3, 0.4) is 0 Å². The molecule has 0 aliphatic rings. The summed E-state index contributed by atoms with van der Waals surface area (Å²) in [5.74, 6) is 1.08. The molecule has 0 bridgehead atoms. The Morgan fingerprint density at radius 2 is 1.95 bits per heavy atom. The minimum absolute atomic E-state index is 0. The Kier molecular flexibility index (Phi) is 5.96. The summed E-state index contributed by atoms with van der Waals surface area (Å²) in [6.07, 6.45) is 3.73. The second kappa shape index (κ2) is 7.07. The maximum atomic E-state index is 5.58. The number of nitrogens with zero attached hydrogens (tertiary/aromatic N) is 3. The number of pyridine rings is 1. The van der Waals surface area contributed by atoms with Gasteiger partial charge in [0.1, 0.15) is 11.3 Å². The number of hydrogen-bond acceptors (Lipinski definition) is 3. The lowest BCUT2D eigenvalue weighted by Gasteiger charge is -2.04. The molecule has 0 aliphatic carbocycles. The van der Waals surface area contributed by atoms with E-state index in [0.29, 0.717) is 6.54 Å². The lowest BCUT2D eigenvalue weighted by molar-refractivity contribution is 0.741. The Bertz CT molecular complexity index is 752. The molecular weight excluding hydrogens is 307 g/mol. The number of aromatic nitrogens is 3. The number of rotatable bonds is 3. The molecule has 1 aromatic carbocycles. The number of nitrogens with two attached hydrogens (primary N) is 1. The molecule has 3 rings (SSSR count). The standard InChI is InChI=1S/C15H18N4.2ClH/c1-10-5-6-12-11(8-10)15-13(9-17-12)18-14(19(15)2)4-3-7-16;;/h5-6,8-9H,3-4,7,16H2,1-2H3;2*1H. The highest BCUT2D eigenvalue weighted by molar-refractivity contribution is 6.02. The van der Waals surface area contributed by atoms with Gasteiger partial charge in [0.15, 0.2) is 0 Å². The lowest BCUT2D eigenvalue weighted by Crippen LogP contribution is -2.04. The fraction of sp³-hybridized carbons (Fsp3) is 0.333. The summed E-state index contributed by atoms with van der Waals surface area (Å²) in [5.41, 5.74) is 9.98. The van der Waals surface area contributed by atoms with Gasteiger partial charge in [-0.25, -0.2) is 4.98 Å². The Balaban J connectivity index is 0.00000110. The van der Waals surface area contributed by atoms with Gasteiger partial charge in [0.25, 0.3) is 0 Å². The topological polar surface area (TPSA) is 56.7 Å². The van der Waals surface area contributed by atoms with Gasteiger partial charge in [-0.1, -0.05) is 11.6 Å². The molecule has 0 saturated carbocycles. The highest BCUT2D eigenvalue weighted by Crippen LogP contribution is 2.25. The van der Waals surface area contributed by atoms with E-state index in [1.165, 1.54) is 16.5 Å². The number of imidazole rings is 1. The fourth-order valence-corrected chi connectivity index (χ4v) is 2.54. The molecule has 0 spiro atoms. The largest absolute Gasteiger partial charge is 0.331 e. The van der Waals surface area contributed by atoms with E-state index < -0.39 is 0 Å². The van der Waals surface area contributed by atoms with E-state index in [1.54, 1.807) is 0 Å². The quantitative estimate of drug-likeness (QED) is 0.804. The lowest BCUT2D eigenvalue weighted by atomic mass is 10.1. The molecule has 0 saturated heterocycles. The third-order valence-electron chi connectivity index (χ3n) is 3.55. The summed E-state index contributed by atoms with van der Waals surface area (Å²) in [6.45, 7) is 2.80. The van der Waals surface area contributed by atoms with E-state index >= 15 is 0 Å². The number of halogens is 2. The van der Waals surface area contributed by atoms with Crippen LogP contribution < -0.4 is 5.73 Å². The van der Waals surface area contributed by atoms with Crippen LogP contribution >= 0.6 is 24.8 Å². The van der Waals surface area contributed by atoms with Crippen molar-refractivity contribution in [2.75, 3.05) is 6.54 Å². The maximum absolute atomic E-state index is 5.58. The molecule has 0 unspecified atom stereocenters. The first-order valence-electron chi connectivity index (χ1n) is 6.61. The summed E-state index contributed by atoms with van der Waals surface area (Å²) in [5, 5.41) is 1.17. The van der Waals surface area contributed by atoms with E-state index in [1.807, 2.05) is 6.20 Å². The van der Waals surface area contributed by atoms with Crippen molar-refractivity contribution in [3.05, 3.63) is 35.8 Å². The van der Waals surface area contributed by atoms with E-state index in [4.69, 9.17) is 5.73 Å².